The Kier molecular flexibility index (Phi) is 3.68. The summed E-state index contributed by atoms with van der Waals surface area (Å²) in [5.74, 6) is 0.577. The SMILES string of the molecule is Cc1cccc(-c2n[nH]c3c2CN(C(=O)C2CCCCC2)C3)c1. The van der Waals surface area contributed by atoms with Gasteiger partial charge >= 0.3 is 0 Å². The molecule has 2 heterocycles. The van der Waals surface area contributed by atoms with Crippen molar-refractivity contribution in [1.29, 1.82) is 0 Å². The Morgan fingerprint density at radius 3 is 2.83 bits per heavy atom. The highest BCUT2D eigenvalue weighted by molar-refractivity contribution is 5.80. The van der Waals surface area contributed by atoms with Crippen molar-refractivity contribution < 1.29 is 4.79 Å². The van der Waals surface area contributed by atoms with Crippen LogP contribution in [0.2, 0.25) is 0 Å². The van der Waals surface area contributed by atoms with Crippen molar-refractivity contribution in [1.82, 2.24) is 15.1 Å². The second kappa shape index (κ2) is 5.84. The minimum absolute atomic E-state index is 0.239. The predicted octanol–water partition coefficient (Wildman–Crippen LogP) is 3.81. The first-order valence-corrected chi connectivity index (χ1v) is 8.64. The molecule has 4 heteroatoms. The van der Waals surface area contributed by atoms with Crippen molar-refractivity contribution in [2.45, 2.75) is 52.1 Å². The van der Waals surface area contributed by atoms with Gasteiger partial charge in [-0.1, -0.05) is 43.0 Å². The standard InChI is InChI=1S/C19H23N3O/c1-13-6-5-9-15(10-13)18-16-11-22(12-17(16)20-21-18)19(23)14-7-3-2-4-8-14/h5-6,9-10,14H,2-4,7-8,11-12H2,1H3,(H,20,21). The molecular formula is C19H23N3O. The minimum Gasteiger partial charge on any atom is -0.332 e. The monoisotopic (exact) mass is 309 g/mol. The van der Waals surface area contributed by atoms with E-state index in [1.165, 1.54) is 30.4 Å². The van der Waals surface area contributed by atoms with Crippen LogP contribution in [0.4, 0.5) is 0 Å². The number of rotatable bonds is 2. The highest BCUT2D eigenvalue weighted by Gasteiger charge is 2.32. The lowest BCUT2D eigenvalue weighted by molar-refractivity contribution is -0.137. The van der Waals surface area contributed by atoms with Crippen LogP contribution in [0.3, 0.4) is 0 Å². The summed E-state index contributed by atoms with van der Waals surface area (Å²) < 4.78 is 0. The number of aromatic nitrogens is 2. The van der Waals surface area contributed by atoms with Crippen LogP contribution in [0, 0.1) is 12.8 Å². The molecule has 1 aromatic carbocycles. The molecule has 4 rings (SSSR count). The maximum atomic E-state index is 12.8. The summed E-state index contributed by atoms with van der Waals surface area (Å²) in [5, 5.41) is 7.64. The van der Waals surface area contributed by atoms with E-state index < -0.39 is 0 Å². The maximum absolute atomic E-state index is 12.8. The highest BCUT2D eigenvalue weighted by atomic mass is 16.2. The van der Waals surface area contributed by atoms with Crippen LogP contribution in [0.5, 0.6) is 0 Å². The molecule has 1 N–H and O–H groups in total. The summed E-state index contributed by atoms with van der Waals surface area (Å²) >= 11 is 0. The van der Waals surface area contributed by atoms with Gasteiger partial charge in [0.2, 0.25) is 5.91 Å². The summed E-state index contributed by atoms with van der Waals surface area (Å²) in [5.41, 5.74) is 5.66. The van der Waals surface area contributed by atoms with E-state index in [1.807, 2.05) is 4.90 Å². The number of benzene rings is 1. The molecule has 23 heavy (non-hydrogen) atoms. The highest BCUT2D eigenvalue weighted by Crippen LogP contribution is 2.33. The molecule has 0 saturated heterocycles. The fourth-order valence-electron chi connectivity index (χ4n) is 3.93. The summed E-state index contributed by atoms with van der Waals surface area (Å²) in [6.07, 6.45) is 5.81. The Hall–Kier alpha value is -2.10. The lowest BCUT2D eigenvalue weighted by Crippen LogP contribution is -2.33. The molecule has 1 aromatic heterocycles. The van der Waals surface area contributed by atoms with E-state index in [4.69, 9.17) is 0 Å². The molecule has 1 aliphatic heterocycles. The van der Waals surface area contributed by atoms with E-state index in [-0.39, 0.29) is 5.92 Å². The number of carbonyl (C=O) groups excluding carboxylic acids is 1. The number of nitrogens with one attached hydrogen (secondary N) is 1. The number of H-pyrrole nitrogens is 1. The predicted molar refractivity (Wildman–Crippen MR) is 89.6 cm³/mol. The van der Waals surface area contributed by atoms with E-state index in [0.29, 0.717) is 19.0 Å². The molecule has 4 nitrogen and oxygen atoms in total. The van der Waals surface area contributed by atoms with Crippen molar-refractivity contribution in [2.75, 3.05) is 0 Å². The largest absolute Gasteiger partial charge is 0.332 e. The molecule has 0 bridgehead atoms. The first-order chi connectivity index (χ1) is 11.2. The first-order valence-electron chi connectivity index (χ1n) is 8.64. The number of nitrogens with zero attached hydrogens (tertiary/aromatic N) is 2. The second-order valence-electron chi connectivity index (χ2n) is 6.93. The van der Waals surface area contributed by atoms with Crippen LogP contribution in [-0.4, -0.2) is 21.0 Å². The van der Waals surface area contributed by atoms with Crippen molar-refractivity contribution in [3.63, 3.8) is 0 Å². The molecular weight excluding hydrogens is 286 g/mol. The quantitative estimate of drug-likeness (QED) is 0.917. The zero-order valence-corrected chi connectivity index (χ0v) is 13.6. The maximum Gasteiger partial charge on any atom is 0.226 e. The second-order valence-corrected chi connectivity index (χ2v) is 6.93. The number of hydrogen-bond acceptors (Lipinski definition) is 2. The number of fused-ring (bicyclic) bond motifs is 1. The molecule has 0 unspecified atom stereocenters. The summed E-state index contributed by atoms with van der Waals surface area (Å²) in [7, 11) is 0. The number of carbonyl (C=O) groups is 1. The number of amides is 1. The smallest absolute Gasteiger partial charge is 0.226 e. The van der Waals surface area contributed by atoms with Crippen molar-refractivity contribution >= 4 is 5.91 Å². The van der Waals surface area contributed by atoms with Crippen LogP contribution in [-0.2, 0) is 17.9 Å². The topological polar surface area (TPSA) is 49.0 Å². The average molecular weight is 309 g/mol. The average Bonchev–Trinajstić information content (AvgIpc) is 3.15. The lowest BCUT2D eigenvalue weighted by atomic mass is 9.88. The number of aromatic amines is 1. The first kappa shape index (κ1) is 14.5. The van der Waals surface area contributed by atoms with Crippen LogP contribution < -0.4 is 0 Å². The van der Waals surface area contributed by atoms with Gasteiger partial charge in [0.25, 0.3) is 0 Å². The van der Waals surface area contributed by atoms with Gasteiger partial charge in [0.1, 0.15) is 0 Å². The lowest BCUT2D eigenvalue weighted by Gasteiger charge is -2.26. The van der Waals surface area contributed by atoms with Gasteiger partial charge in [-0.25, -0.2) is 0 Å². The van der Waals surface area contributed by atoms with Gasteiger partial charge in [-0.2, -0.15) is 5.10 Å². The summed E-state index contributed by atoms with van der Waals surface area (Å²) in [4.78, 5) is 14.8. The molecule has 0 radical (unpaired) electrons. The van der Waals surface area contributed by atoms with Crippen molar-refractivity contribution in [3.8, 4) is 11.3 Å². The van der Waals surface area contributed by atoms with Crippen LogP contribution in [0.25, 0.3) is 11.3 Å². The molecule has 0 spiro atoms. The molecule has 1 aliphatic carbocycles. The van der Waals surface area contributed by atoms with Gasteiger partial charge in [0.05, 0.1) is 24.5 Å². The zero-order chi connectivity index (χ0) is 15.8. The van der Waals surface area contributed by atoms with E-state index in [2.05, 4.69) is 41.4 Å². The van der Waals surface area contributed by atoms with Crippen LogP contribution >= 0.6 is 0 Å². The number of aryl methyl sites for hydroxylation is 1. The number of hydrogen-bond donors (Lipinski definition) is 1. The zero-order valence-electron chi connectivity index (χ0n) is 13.6. The van der Waals surface area contributed by atoms with Crippen LogP contribution in [0.1, 0.15) is 48.9 Å². The molecule has 2 aliphatic rings. The van der Waals surface area contributed by atoms with E-state index in [1.54, 1.807) is 0 Å². The molecule has 2 aromatic rings. The Morgan fingerprint density at radius 2 is 2.04 bits per heavy atom. The summed E-state index contributed by atoms with van der Waals surface area (Å²) in [6, 6.07) is 8.40. The molecule has 120 valence electrons. The van der Waals surface area contributed by atoms with Gasteiger partial charge in [-0.15, -0.1) is 0 Å². The Balaban J connectivity index is 1.55. The molecule has 1 amide bonds. The normalized spacial score (nSPS) is 18.2. The molecule has 0 atom stereocenters. The van der Waals surface area contributed by atoms with E-state index in [0.717, 1.165) is 29.8 Å². The molecule has 1 fully saturated rings. The summed E-state index contributed by atoms with van der Waals surface area (Å²) in [6.45, 7) is 3.48. The van der Waals surface area contributed by atoms with E-state index >= 15 is 0 Å². The van der Waals surface area contributed by atoms with Crippen molar-refractivity contribution in [3.05, 3.63) is 41.1 Å². The van der Waals surface area contributed by atoms with Gasteiger partial charge in [-0.05, 0) is 25.8 Å². The molecule has 1 saturated carbocycles. The Bertz CT molecular complexity index is 728. The third-order valence-electron chi connectivity index (χ3n) is 5.21. The van der Waals surface area contributed by atoms with Crippen molar-refractivity contribution in [2.24, 2.45) is 5.92 Å². The Morgan fingerprint density at radius 1 is 1.22 bits per heavy atom. The van der Waals surface area contributed by atoms with Gasteiger partial charge in [-0.3, -0.25) is 9.89 Å². The van der Waals surface area contributed by atoms with Gasteiger partial charge < -0.3 is 4.90 Å². The Labute approximate surface area is 136 Å². The fourth-order valence-corrected chi connectivity index (χ4v) is 3.93. The van der Waals surface area contributed by atoms with Crippen LogP contribution in [0.15, 0.2) is 24.3 Å². The third kappa shape index (κ3) is 2.67. The fraction of sp³-hybridized carbons (Fsp3) is 0.474. The van der Waals surface area contributed by atoms with E-state index in [9.17, 15) is 4.79 Å². The third-order valence-corrected chi connectivity index (χ3v) is 5.21. The minimum atomic E-state index is 0.239. The van der Waals surface area contributed by atoms with Gasteiger partial charge in [0.15, 0.2) is 0 Å². The van der Waals surface area contributed by atoms with Gasteiger partial charge in [0, 0.05) is 17.0 Å².